The van der Waals surface area contributed by atoms with Crippen molar-refractivity contribution in [1.82, 2.24) is 24.4 Å². The highest BCUT2D eigenvalue weighted by molar-refractivity contribution is 6.45. The maximum atomic E-state index is 14.3. The van der Waals surface area contributed by atoms with Crippen molar-refractivity contribution in [2.75, 3.05) is 31.1 Å². The normalized spacial score (nSPS) is 16.2. The summed E-state index contributed by atoms with van der Waals surface area (Å²) in [6.45, 7) is 4.48. The molecule has 1 fully saturated rings. The van der Waals surface area contributed by atoms with Gasteiger partial charge >= 0.3 is 7.05 Å². The van der Waals surface area contributed by atoms with Gasteiger partial charge in [-0.15, -0.1) is 10.2 Å². The van der Waals surface area contributed by atoms with Crippen LogP contribution >= 0.6 is 11.6 Å². The Morgan fingerprint density at radius 2 is 2.00 bits per heavy atom. The highest BCUT2D eigenvalue weighted by Crippen LogP contribution is 2.27. The van der Waals surface area contributed by atoms with E-state index in [9.17, 15) is 9.41 Å². The molecule has 0 radical (unpaired) electrons. The van der Waals surface area contributed by atoms with Crippen molar-refractivity contribution in [3.63, 3.8) is 0 Å². The van der Waals surface area contributed by atoms with Crippen molar-refractivity contribution < 1.29 is 9.41 Å². The lowest BCUT2D eigenvalue weighted by molar-refractivity contribution is 0.344. The average molecular weight is 349 g/mol. The summed E-state index contributed by atoms with van der Waals surface area (Å²) < 4.78 is 16.0. The van der Waals surface area contributed by atoms with Crippen LogP contribution in [0.1, 0.15) is 0 Å². The molecule has 0 aliphatic carbocycles. The van der Waals surface area contributed by atoms with E-state index < -0.39 is 12.9 Å². The van der Waals surface area contributed by atoms with Crippen molar-refractivity contribution in [3.05, 3.63) is 29.3 Å². The van der Waals surface area contributed by atoms with E-state index in [4.69, 9.17) is 11.6 Å². The second-order valence-electron chi connectivity index (χ2n) is 5.87. The van der Waals surface area contributed by atoms with Crippen molar-refractivity contribution in [3.8, 4) is 0 Å². The summed E-state index contributed by atoms with van der Waals surface area (Å²) in [7, 11) is -0.482. The van der Waals surface area contributed by atoms with Crippen LogP contribution in [0.2, 0.25) is 11.8 Å². The van der Waals surface area contributed by atoms with Gasteiger partial charge in [-0.3, -0.25) is 4.40 Å². The van der Waals surface area contributed by atoms with Gasteiger partial charge in [-0.25, -0.2) is 9.37 Å². The van der Waals surface area contributed by atoms with Crippen LogP contribution in [0.5, 0.6) is 0 Å². The number of aromatic nitrogens is 4. The van der Waals surface area contributed by atoms with E-state index in [0.29, 0.717) is 48.2 Å². The predicted octanol–water partition coefficient (Wildman–Crippen LogP) is 1.30. The zero-order valence-corrected chi connectivity index (χ0v) is 13.8. The summed E-state index contributed by atoms with van der Waals surface area (Å²) in [6.07, 6.45) is 1.53. The molecule has 1 N–H and O–H groups in total. The topological polar surface area (TPSA) is 69.8 Å². The maximum Gasteiger partial charge on any atom is 0.376 e. The first-order chi connectivity index (χ1) is 11.5. The Balaban J connectivity index is 1.82. The van der Waals surface area contributed by atoms with Gasteiger partial charge in [0.2, 0.25) is 5.65 Å². The molecule has 7 nitrogen and oxygen atoms in total. The third kappa shape index (κ3) is 2.49. The molecular formula is C14H15BClFN6O. The monoisotopic (exact) mass is 348 g/mol. The van der Waals surface area contributed by atoms with Gasteiger partial charge in [-0.05, 0) is 19.0 Å². The first-order valence-electron chi connectivity index (χ1n) is 7.70. The number of anilines is 1. The number of hydrogen-bond donors (Lipinski definition) is 1. The summed E-state index contributed by atoms with van der Waals surface area (Å²) >= 11 is 5.96. The zero-order chi connectivity index (χ0) is 16.8. The fourth-order valence-corrected chi connectivity index (χ4v) is 3.29. The molecule has 24 heavy (non-hydrogen) atoms. The first-order valence-corrected chi connectivity index (χ1v) is 8.08. The molecule has 1 aliphatic heterocycles. The number of benzene rings is 1. The Bertz CT molecular complexity index is 911. The smallest absolute Gasteiger partial charge is 0.376 e. The van der Waals surface area contributed by atoms with Crippen LogP contribution in [0.4, 0.5) is 10.2 Å². The molecule has 0 spiro atoms. The summed E-state index contributed by atoms with van der Waals surface area (Å²) in [5.74, 6) is 0.114. The largest absolute Gasteiger partial charge is 0.437 e. The molecule has 2 aromatic heterocycles. The fourth-order valence-electron chi connectivity index (χ4n) is 3.09. The van der Waals surface area contributed by atoms with Crippen LogP contribution in [0, 0.1) is 5.82 Å². The fraction of sp³-hybridized carbons (Fsp3) is 0.357. The number of nitrogens with zero attached hydrogens (tertiary/aromatic N) is 6. The number of halogens is 2. The number of piperazine rings is 1. The minimum atomic E-state index is -0.482. The lowest BCUT2D eigenvalue weighted by atomic mass is 9.84. The van der Waals surface area contributed by atoms with Crippen molar-refractivity contribution in [2.45, 2.75) is 6.82 Å². The molecule has 4 rings (SSSR count). The number of fused-ring (bicyclic) bond motifs is 3. The standard InChI is InChI=1S/C14H15BClFN6O/c1-15(24)22-4-2-21(3-5-22)13-14-20-18-8-23(14)11-7-9(16)6-10(17)12(11)19-13/h6-8,24H,2-5H2,1H3. The molecule has 0 amide bonds. The Kier molecular flexibility index (Phi) is 3.78. The molecule has 10 heteroatoms. The van der Waals surface area contributed by atoms with Gasteiger partial charge in [0, 0.05) is 31.2 Å². The van der Waals surface area contributed by atoms with Gasteiger partial charge in [-0.1, -0.05) is 11.6 Å². The Morgan fingerprint density at radius 3 is 2.71 bits per heavy atom. The molecule has 124 valence electrons. The van der Waals surface area contributed by atoms with Gasteiger partial charge < -0.3 is 14.7 Å². The van der Waals surface area contributed by atoms with Gasteiger partial charge in [0.15, 0.2) is 11.6 Å². The molecule has 1 aliphatic rings. The van der Waals surface area contributed by atoms with Crippen LogP contribution in [0.3, 0.4) is 0 Å². The number of hydrogen-bond acceptors (Lipinski definition) is 6. The maximum absolute atomic E-state index is 14.3. The van der Waals surface area contributed by atoms with Crippen LogP contribution in [-0.4, -0.2) is 62.6 Å². The molecule has 0 unspecified atom stereocenters. The van der Waals surface area contributed by atoms with Crippen LogP contribution in [0.25, 0.3) is 16.7 Å². The van der Waals surface area contributed by atoms with Gasteiger partial charge in [0.1, 0.15) is 11.8 Å². The van der Waals surface area contributed by atoms with E-state index in [1.54, 1.807) is 17.3 Å². The molecule has 0 atom stereocenters. The molecule has 0 bridgehead atoms. The minimum absolute atomic E-state index is 0.236. The quantitative estimate of drug-likeness (QED) is 0.704. The average Bonchev–Trinajstić information content (AvgIpc) is 3.04. The van der Waals surface area contributed by atoms with Crippen LogP contribution < -0.4 is 4.90 Å². The van der Waals surface area contributed by atoms with Crippen LogP contribution in [-0.2, 0) is 0 Å². The van der Waals surface area contributed by atoms with E-state index in [1.165, 1.54) is 12.4 Å². The molecule has 0 saturated carbocycles. The molecule has 3 aromatic rings. The third-order valence-electron chi connectivity index (χ3n) is 4.38. The van der Waals surface area contributed by atoms with E-state index in [2.05, 4.69) is 15.2 Å². The van der Waals surface area contributed by atoms with E-state index in [0.717, 1.165) is 0 Å². The van der Waals surface area contributed by atoms with Crippen molar-refractivity contribution >= 4 is 41.1 Å². The highest BCUT2D eigenvalue weighted by atomic mass is 35.5. The molecule has 3 heterocycles. The second kappa shape index (κ2) is 5.84. The number of rotatable bonds is 2. The Hall–Kier alpha value is -1.97. The van der Waals surface area contributed by atoms with E-state index in [-0.39, 0.29) is 5.52 Å². The minimum Gasteiger partial charge on any atom is -0.437 e. The van der Waals surface area contributed by atoms with Crippen molar-refractivity contribution in [2.24, 2.45) is 0 Å². The lowest BCUT2D eigenvalue weighted by Crippen LogP contribution is -2.51. The summed E-state index contributed by atoms with van der Waals surface area (Å²) in [5.41, 5.74) is 1.33. The summed E-state index contributed by atoms with van der Waals surface area (Å²) in [6, 6.07) is 2.90. The van der Waals surface area contributed by atoms with Gasteiger partial charge in [0.25, 0.3) is 0 Å². The SMILES string of the molecule is CB(O)N1CCN(c2nc3c(F)cc(Cl)cc3n3cnnc23)CC1. The predicted molar refractivity (Wildman–Crippen MR) is 90.9 cm³/mol. The van der Waals surface area contributed by atoms with E-state index in [1.807, 2.05) is 9.71 Å². The Morgan fingerprint density at radius 1 is 1.25 bits per heavy atom. The van der Waals surface area contributed by atoms with Gasteiger partial charge in [-0.2, -0.15) is 0 Å². The van der Waals surface area contributed by atoms with E-state index >= 15 is 0 Å². The van der Waals surface area contributed by atoms with Crippen molar-refractivity contribution in [1.29, 1.82) is 0 Å². The zero-order valence-electron chi connectivity index (χ0n) is 13.0. The highest BCUT2D eigenvalue weighted by Gasteiger charge is 2.26. The van der Waals surface area contributed by atoms with Crippen LogP contribution in [0.15, 0.2) is 18.5 Å². The summed E-state index contributed by atoms with van der Waals surface area (Å²) in [4.78, 5) is 8.51. The molecule has 1 aromatic carbocycles. The van der Waals surface area contributed by atoms with Gasteiger partial charge in [0.05, 0.1) is 5.52 Å². The first kappa shape index (κ1) is 15.6. The molecule has 1 saturated heterocycles. The summed E-state index contributed by atoms with van der Waals surface area (Å²) in [5, 5.41) is 18.1. The Labute approximate surface area is 142 Å². The third-order valence-corrected chi connectivity index (χ3v) is 4.59. The lowest BCUT2D eigenvalue weighted by Gasteiger charge is -2.36. The second-order valence-corrected chi connectivity index (χ2v) is 6.31. The molecular weight excluding hydrogens is 333 g/mol.